The molecule has 0 radical (unpaired) electrons. The molecule has 26 heavy (non-hydrogen) atoms. The summed E-state index contributed by atoms with van der Waals surface area (Å²) in [5, 5.41) is 12.0. The van der Waals surface area contributed by atoms with E-state index < -0.39 is 5.97 Å². The predicted octanol–water partition coefficient (Wildman–Crippen LogP) is 3.81. The Morgan fingerprint density at radius 1 is 1.04 bits per heavy atom. The van der Waals surface area contributed by atoms with E-state index in [4.69, 9.17) is 9.47 Å². The van der Waals surface area contributed by atoms with Crippen LogP contribution in [0.15, 0.2) is 36.4 Å². The van der Waals surface area contributed by atoms with Gasteiger partial charge in [0, 0.05) is 12.1 Å². The highest BCUT2D eigenvalue weighted by Crippen LogP contribution is 2.21. The van der Waals surface area contributed by atoms with Gasteiger partial charge in [-0.05, 0) is 61.7 Å². The van der Waals surface area contributed by atoms with Crippen molar-refractivity contribution >= 4 is 17.6 Å². The Morgan fingerprint density at radius 3 is 2.31 bits per heavy atom. The fourth-order valence-electron chi connectivity index (χ4n) is 2.52. The number of anilines is 1. The molecule has 0 aliphatic rings. The minimum atomic E-state index is -1.01. The van der Waals surface area contributed by atoms with Crippen molar-refractivity contribution < 1.29 is 24.2 Å². The van der Waals surface area contributed by atoms with E-state index in [1.807, 2.05) is 31.2 Å². The van der Waals surface area contributed by atoms with Gasteiger partial charge in [-0.15, -0.1) is 0 Å². The van der Waals surface area contributed by atoms with Crippen LogP contribution in [0.25, 0.3) is 0 Å². The number of hydrogen-bond donors (Lipinski definition) is 2. The summed E-state index contributed by atoms with van der Waals surface area (Å²) in [5.41, 5.74) is 2.21. The number of carboxylic acids is 1. The van der Waals surface area contributed by atoms with Crippen LogP contribution in [0.3, 0.4) is 0 Å². The highest BCUT2D eigenvalue weighted by molar-refractivity contribution is 5.95. The number of rotatable bonds is 8. The first-order chi connectivity index (χ1) is 12.4. The average molecular weight is 357 g/mol. The van der Waals surface area contributed by atoms with Gasteiger partial charge in [-0.25, -0.2) is 4.79 Å². The molecular weight excluding hydrogens is 334 g/mol. The maximum atomic E-state index is 12.1. The maximum absolute atomic E-state index is 12.1. The van der Waals surface area contributed by atoms with Gasteiger partial charge in [0.05, 0.1) is 19.3 Å². The van der Waals surface area contributed by atoms with Crippen LogP contribution >= 0.6 is 0 Å². The second-order valence-corrected chi connectivity index (χ2v) is 5.96. The fourth-order valence-corrected chi connectivity index (χ4v) is 2.52. The van der Waals surface area contributed by atoms with Gasteiger partial charge in [-0.1, -0.05) is 6.07 Å². The minimum absolute atomic E-state index is 0.174. The Labute approximate surface area is 152 Å². The summed E-state index contributed by atoms with van der Waals surface area (Å²) in [7, 11) is 1.60. The van der Waals surface area contributed by atoms with E-state index in [0.717, 1.165) is 11.3 Å². The summed E-state index contributed by atoms with van der Waals surface area (Å²) < 4.78 is 10.7. The van der Waals surface area contributed by atoms with Crippen LogP contribution in [0.5, 0.6) is 11.5 Å². The zero-order valence-corrected chi connectivity index (χ0v) is 15.2. The van der Waals surface area contributed by atoms with Crippen molar-refractivity contribution in [1.29, 1.82) is 0 Å². The van der Waals surface area contributed by atoms with Crippen LogP contribution in [0.1, 0.15) is 34.3 Å². The van der Waals surface area contributed by atoms with Crippen molar-refractivity contribution in [3.05, 3.63) is 53.1 Å². The molecule has 0 saturated heterocycles. The molecule has 0 heterocycles. The van der Waals surface area contributed by atoms with E-state index in [2.05, 4.69) is 5.32 Å². The molecule has 6 heteroatoms. The van der Waals surface area contributed by atoms with E-state index in [9.17, 15) is 14.7 Å². The van der Waals surface area contributed by atoms with Gasteiger partial charge < -0.3 is 19.9 Å². The van der Waals surface area contributed by atoms with Crippen LogP contribution in [-0.4, -0.2) is 30.7 Å². The fraction of sp³-hybridized carbons (Fsp3) is 0.300. The standard InChI is InChI=1S/C20H23NO5/c1-13-11-14(2)18(12-17(13)20(23)24)21-19(22)5-4-10-26-16-8-6-15(25-3)7-9-16/h6-9,11-12H,4-5,10H2,1-3H3,(H,21,22)(H,23,24). The van der Waals surface area contributed by atoms with Crippen molar-refractivity contribution in [2.75, 3.05) is 19.0 Å². The molecule has 2 N–H and O–H groups in total. The monoisotopic (exact) mass is 357 g/mol. The van der Waals surface area contributed by atoms with E-state index in [1.54, 1.807) is 20.1 Å². The number of carboxylic acid groups (broad SMARTS) is 1. The molecule has 0 aliphatic heterocycles. The summed E-state index contributed by atoms with van der Waals surface area (Å²) in [5.74, 6) is 0.287. The molecule has 0 fully saturated rings. The lowest BCUT2D eigenvalue weighted by atomic mass is 10.0. The predicted molar refractivity (Wildman–Crippen MR) is 99.2 cm³/mol. The molecule has 2 rings (SSSR count). The minimum Gasteiger partial charge on any atom is -0.497 e. The van der Waals surface area contributed by atoms with Gasteiger partial charge in [0.1, 0.15) is 11.5 Å². The highest BCUT2D eigenvalue weighted by atomic mass is 16.5. The molecule has 0 aromatic heterocycles. The van der Waals surface area contributed by atoms with E-state index in [-0.39, 0.29) is 17.9 Å². The zero-order chi connectivity index (χ0) is 19.1. The number of hydrogen-bond acceptors (Lipinski definition) is 4. The van der Waals surface area contributed by atoms with Crippen LogP contribution in [0.4, 0.5) is 5.69 Å². The number of nitrogens with one attached hydrogen (secondary N) is 1. The van der Waals surface area contributed by atoms with Crippen molar-refractivity contribution in [3.63, 3.8) is 0 Å². The molecule has 0 atom stereocenters. The van der Waals surface area contributed by atoms with Crippen LogP contribution in [-0.2, 0) is 4.79 Å². The summed E-state index contributed by atoms with van der Waals surface area (Å²) in [6.07, 6.45) is 0.834. The number of ether oxygens (including phenoxy) is 2. The van der Waals surface area contributed by atoms with Crippen molar-refractivity contribution in [2.45, 2.75) is 26.7 Å². The van der Waals surface area contributed by atoms with Crippen LogP contribution in [0.2, 0.25) is 0 Å². The summed E-state index contributed by atoms with van der Waals surface area (Å²) >= 11 is 0. The molecule has 0 aliphatic carbocycles. The van der Waals surface area contributed by atoms with Crippen LogP contribution < -0.4 is 14.8 Å². The largest absolute Gasteiger partial charge is 0.497 e. The summed E-state index contributed by atoms with van der Waals surface area (Å²) in [6.45, 7) is 3.98. The summed E-state index contributed by atoms with van der Waals surface area (Å²) in [4.78, 5) is 23.3. The maximum Gasteiger partial charge on any atom is 0.336 e. The molecule has 0 saturated carbocycles. The first-order valence-corrected chi connectivity index (χ1v) is 8.32. The van der Waals surface area contributed by atoms with Gasteiger partial charge in [0.2, 0.25) is 5.91 Å². The molecule has 2 aromatic rings. The smallest absolute Gasteiger partial charge is 0.336 e. The lowest BCUT2D eigenvalue weighted by molar-refractivity contribution is -0.116. The topological polar surface area (TPSA) is 84.9 Å². The Kier molecular flexibility index (Phi) is 6.60. The van der Waals surface area contributed by atoms with Gasteiger partial charge in [0.15, 0.2) is 0 Å². The Bertz CT molecular complexity index is 784. The molecule has 0 unspecified atom stereocenters. The van der Waals surface area contributed by atoms with Gasteiger partial charge >= 0.3 is 5.97 Å². The van der Waals surface area contributed by atoms with Crippen molar-refractivity contribution in [1.82, 2.24) is 0 Å². The zero-order valence-electron chi connectivity index (χ0n) is 15.2. The van der Waals surface area contributed by atoms with E-state index >= 15 is 0 Å². The number of carbonyl (C=O) groups is 2. The van der Waals surface area contributed by atoms with E-state index in [0.29, 0.717) is 30.0 Å². The van der Waals surface area contributed by atoms with Crippen molar-refractivity contribution in [3.8, 4) is 11.5 Å². The van der Waals surface area contributed by atoms with Gasteiger partial charge in [-0.2, -0.15) is 0 Å². The number of aromatic carboxylic acids is 1. The Hall–Kier alpha value is -3.02. The number of amides is 1. The first-order valence-electron chi connectivity index (χ1n) is 8.32. The second-order valence-electron chi connectivity index (χ2n) is 5.96. The molecule has 6 nitrogen and oxygen atoms in total. The SMILES string of the molecule is COc1ccc(OCCCC(=O)Nc2cc(C(=O)O)c(C)cc2C)cc1. The second kappa shape index (κ2) is 8.89. The van der Waals surface area contributed by atoms with Gasteiger partial charge in [-0.3, -0.25) is 4.79 Å². The number of methoxy groups -OCH3 is 1. The normalized spacial score (nSPS) is 10.3. The average Bonchev–Trinajstić information content (AvgIpc) is 2.61. The highest BCUT2D eigenvalue weighted by Gasteiger charge is 2.12. The van der Waals surface area contributed by atoms with Crippen molar-refractivity contribution in [2.24, 2.45) is 0 Å². The molecule has 1 amide bonds. The Balaban J connectivity index is 1.83. The molecule has 0 bridgehead atoms. The molecule has 2 aromatic carbocycles. The lowest BCUT2D eigenvalue weighted by Gasteiger charge is -2.12. The number of benzene rings is 2. The van der Waals surface area contributed by atoms with Crippen LogP contribution in [0, 0.1) is 13.8 Å². The quantitative estimate of drug-likeness (QED) is 0.702. The summed E-state index contributed by atoms with van der Waals surface area (Å²) in [6, 6.07) is 10.5. The third-order valence-corrected chi connectivity index (χ3v) is 3.95. The number of carbonyl (C=O) groups excluding carboxylic acids is 1. The third kappa shape index (κ3) is 5.24. The number of aryl methyl sites for hydroxylation is 2. The van der Waals surface area contributed by atoms with E-state index in [1.165, 1.54) is 6.07 Å². The molecule has 138 valence electrons. The Morgan fingerprint density at radius 2 is 1.69 bits per heavy atom. The third-order valence-electron chi connectivity index (χ3n) is 3.95. The molecule has 0 spiro atoms. The first kappa shape index (κ1) is 19.3. The molecular formula is C20H23NO5. The van der Waals surface area contributed by atoms with Gasteiger partial charge in [0.25, 0.3) is 0 Å². The lowest BCUT2D eigenvalue weighted by Crippen LogP contribution is -2.14.